The fourth-order valence-corrected chi connectivity index (χ4v) is 1.51. The van der Waals surface area contributed by atoms with Gasteiger partial charge in [0.15, 0.2) is 0 Å². The molecule has 0 aliphatic carbocycles. The molecule has 1 rings (SSSR count). The van der Waals surface area contributed by atoms with Crippen molar-refractivity contribution in [2.45, 2.75) is 20.8 Å². The predicted octanol–water partition coefficient (Wildman–Crippen LogP) is 2.09. The molecular formula is C13H18O4. The van der Waals surface area contributed by atoms with E-state index in [0.29, 0.717) is 6.61 Å². The molecule has 0 amide bonds. The van der Waals surface area contributed by atoms with Gasteiger partial charge in [0, 0.05) is 0 Å². The number of carboxylic acid groups (broad SMARTS) is 1. The average Bonchev–Trinajstić information content (AvgIpc) is 2.27. The third-order valence-corrected chi connectivity index (χ3v) is 2.57. The van der Waals surface area contributed by atoms with Gasteiger partial charge in [-0.2, -0.15) is 0 Å². The second kappa shape index (κ2) is 6.25. The summed E-state index contributed by atoms with van der Waals surface area (Å²) in [7, 11) is 0. The van der Waals surface area contributed by atoms with Gasteiger partial charge in [-0.15, -0.1) is 0 Å². The lowest BCUT2D eigenvalue weighted by Gasteiger charge is -2.13. The maximum atomic E-state index is 10.2. The molecule has 94 valence electrons. The first-order valence-electron chi connectivity index (χ1n) is 5.51. The summed E-state index contributed by atoms with van der Waals surface area (Å²) in [5.41, 5.74) is 3.37. The minimum atomic E-state index is -0.965. The van der Waals surface area contributed by atoms with Crippen molar-refractivity contribution in [2.24, 2.45) is 0 Å². The molecule has 0 atom stereocenters. The first kappa shape index (κ1) is 13.5. The van der Waals surface area contributed by atoms with Crippen molar-refractivity contribution in [3.05, 3.63) is 28.8 Å². The lowest BCUT2D eigenvalue weighted by Crippen LogP contribution is -2.13. The molecule has 0 aromatic heterocycles. The van der Waals surface area contributed by atoms with Crippen molar-refractivity contribution in [2.75, 3.05) is 19.8 Å². The zero-order valence-electron chi connectivity index (χ0n) is 10.4. The van der Waals surface area contributed by atoms with Crippen molar-refractivity contribution in [1.82, 2.24) is 0 Å². The lowest BCUT2D eigenvalue weighted by atomic mass is 10.1. The molecule has 0 heterocycles. The minimum Gasteiger partial charge on any atom is -0.491 e. The quantitative estimate of drug-likeness (QED) is 0.771. The van der Waals surface area contributed by atoms with E-state index in [2.05, 4.69) is 6.07 Å². The molecule has 0 bridgehead atoms. The van der Waals surface area contributed by atoms with Gasteiger partial charge in [-0.25, -0.2) is 4.79 Å². The van der Waals surface area contributed by atoms with E-state index in [0.717, 1.165) is 16.9 Å². The number of hydrogen-bond acceptors (Lipinski definition) is 3. The summed E-state index contributed by atoms with van der Waals surface area (Å²) in [5.74, 6) is -0.100. The van der Waals surface area contributed by atoms with Crippen LogP contribution >= 0.6 is 0 Å². The molecule has 0 fully saturated rings. The standard InChI is InChI=1S/C13H18O4/c1-9-4-5-10(2)13(11(9)3)17-7-6-16-8-12(14)15/h4-5H,6-8H2,1-3H3,(H,14,15). The molecule has 4 nitrogen and oxygen atoms in total. The topological polar surface area (TPSA) is 55.8 Å². The maximum absolute atomic E-state index is 10.2. The van der Waals surface area contributed by atoms with Gasteiger partial charge in [-0.05, 0) is 37.5 Å². The normalized spacial score (nSPS) is 10.3. The number of hydrogen-bond donors (Lipinski definition) is 1. The maximum Gasteiger partial charge on any atom is 0.329 e. The van der Waals surface area contributed by atoms with E-state index in [-0.39, 0.29) is 13.2 Å². The Balaban J connectivity index is 2.46. The number of aliphatic carboxylic acids is 1. The lowest BCUT2D eigenvalue weighted by molar-refractivity contribution is -0.142. The molecule has 1 aromatic rings. The minimum absolute atomic E-state index is 0.277. The summed E-state index contributed by atoms with van der Waals surface area (Å²) in [4.78, 5) is 10.2. The molecule has 0 radical (unpaired) electrons. The van der Waals surface area contributed by atoms with Crippen molar-refractivity contribution in [3.63, 3.8) is 0 Å². The highest BCUT2D eigenvalue weighted by molar-refractivity contribution is 5.67. The SMILES string of the molecule is Cc1ccc(C)c(OCCOCC(=O)O)c1C. The van der Waals surface area contributed by atoms with Crippen LogP contribution in [0.3, 0.4) is 0 Å². The first-order chi connectivity index (χ1) is 8.02. The van der Waals surface area contributed by atoms with Gasteiger partial charge in [0.2, 0.25) is 0 Å². The van der Waals surface area contributed by atoms with Crippen molar-refractivity contribution in [3.8, 4) is 5.75 Å². The van der Waals surface area contributed by atoms with Crippen molar-refractivity contribution >= 4 is 5.97 Å². The van der Waals surface area contributed by atoms with Crippen LogP contribution in [0.4, 0.5) is 0 Å². The third kappa shape index (κ3) is 4.07. The van der Waals surface area contributed by atoms with E-state index < -0.39 is 5.97 Å². The van der Waals surface area contributed by atoms with Crippen LogP contribution in [0.1, 0.15) is 16.7 Å². The fourth-order valence-electron chi connectivity index (χ4n) is 1.51. The Kier molecular flexibility index (Phi) is 4.97. The Bertz CT molecular complexity index is 399. The Morgan fingerprint density at radius 2 is 1.82 bits per heavy atom. The van der Waals surface area contributed by atoms with Crippen LogP contribution in [0.25, 0.3) is 0 Å². The van der Waals surface area contributed by atoms with E-state index in [4.69, 9.17) is 14.6 Å². The number of carboxylic acids is 1. The van der Waals surface area contributed by atoms with Crippen molar-refractivity contribution < 1.29 is 19.4 Å². The van der Waals surface area contributed by atoms with Crippen LogP contribution in [0, 0.1) is 20.8 Å². The van der Waals surface area contributed by atoms with Gasteiger partial charge in [0.05, 0.1) is 6.61 Å². The largest absolute Gasteiger partial charge is 0.491 e. The second-order valence-corrected chi connectivity index (χ2v) is 3.95. The summed E-state index contributed by atoms with van der Waals surface area (Å²) in [6.45, 7) is 6.38. The molecule has 0 unspecified atom stereocenters. The molecular weight excluding hydrogens is 220 g/mol. The Morgan fingerprint density at radius 1 is 1.18 bits per heavy atom. The molecule has 4 heteroatoms. The van der Waals surface area contributed by atoms with Gasteiger partial charge in [0.25, 0.3) is 0 Å². The molecule has 0 aliphatic rings. The summed E-state index contributed by atoms with van der Waals surface area (Å²) >= 11 is 0. The van der Waals surface area contributed by atoms with E-state index in [1.54, 1.807) is 0 Å². The predicted molar refractivity (Wildman–Crippen MR) is 64.6 cm³/mol. The third-order valence-electron chi connectivity index (χ3n) is 2.57. The molecule has 17 heavy (non-hydrogen) atoms. The summed E-state index contributed by atoms with van der Waals surface area (Å²) < 4.78 is 10.5. The van der Waals surface area contributed by atoms with E-state index >= 15 is 0 Å². The molecule has 0 spiro atoms. The molecule has 1 aromatic carbocycles. The number of aryl methyl sites for hydroxylation is 2. The Hall–Kier alpha value is -1.55. The highest BCUT2D eigenvalue weighted by atomic mass is 16.5. The highest BCUT2D eigenvalue weighted by Crippen LogP contribution is 2.25. The van der Waals surface area contributed by atoms with Crippen LogP contribution in [0.5, 0.6) is 5.75 Å². The summed E-state index contributed by atoms with van der Waals surface area (Å²) in [5, 5.41) is 8.39. The van der Waals surface area contributed by atoms with Crippen LogP contribution < -0.4 is 4.74 Å². The Morgan fingerprint density at radius 3 is 2.47 bits per heavy atom. The molecule has 0 aliphatic heterocycles. The van der Waals surface area contributed by atoms with Gasteiger partial charge >= 0.3 is 5.97 Å². The van der Waals surface area contributed by atoms with Crippen LogP contribution in [-0.2, 0) is 9.53 Å². The van der Waals surface area contributed by atoms with Gasteiger partial charge < -0.3 is 14.6 Å². The average molecular weight is 238 g/mol. The van der Waals surface area contributed by atoms with Gasteiger partial charge in [-0.1, -0.05) is 12.1 Å². The number of ether oxygens (including phenoxy) is 2. The molecule has 1 N–H and O–H groups in total. The monoisotopic (exact) mass is 238 g/mol. The van der Waals surface area contributed by atoms with E-state index in [1.807, 2.05) is 26.8 Å². The van der Waals surface area contributed by atoms with Crippen LogP contribution in [0.15, 0.2) is 12.1 Å². The number of carbonyl (C=O) groups is 1. The zero-order chi connectivity index (χ0) is 12.8. The molecule has 0 saturated heterocycles. The number of rotatable bonds is 6. The smallest absolute Gasteiger partial charge is 0.329 e. The zero-order valence-corrected chi connectivity index (χ0v) is 10.4. The first-order valence-corrected chi connectivity index (χ1v) is 5.51. The van der Waals surface area contributed by atoms with E-state index in [9.17, 15) is 4.79 Å². The number of benzene rings is 1. The van der Waals surface area contributed by atoms with Crippen LogP contribution in [0.2, 0.25) is 0 Å². The van der Waals surface area contributed by atoms with Gasteiger partial charge in [0.1, 0.15) is 19.0 Å². The van der Waals surface area contributed by atoms with Crippen LogP contribution in [-0.4, -0.2) is 30.9 Å². The molecule has 0 saturated carbocycles. The van der Waals surface area contributed by atoms with Gasteiger partial charge in [-0.3, -0.25) is 0 Å². The van der Waals surface area contributed by atoms with E-state index in [1.165, 1.54) is 5.56 Å². The highest BCUT2D eigenvalue weighted by Gasteiger charge is 2.06. The second-order valence-electron chi connectivity index (χ2n) is 3.95. The van der Waals surface area contributed by atoms with Crippen molar-refractivity contribution in [1.29, 1.82) is 0 Å². The summed E-state index contributed by atoms with van der Waals surface area (Å²) in [6, 6.07) is 4.06. The summed E-state index contributed by atoms with van der Waals surface area (Å²) in [6.07, 6.45) is 0. The fraction of sp³-hybridized carbons (Fsp3) is 0.462. The Labute approximate surface area is 101 Å².